The van der Waals surface area contributed by atoms with E-state index in [4.69, 9.17) is 18.9 Å². The summed E-state index contributed by atoms with van der Waals surface area (Å²) in [5.41, 5.74) is 0. The molecule has 1 N–H and O–H groups in total. The van der Waals surface area contributed by atoms with Gasteiger partial charge in [0.1, 0.15) is 13.2 Å². The van der Waals surface area contributed by atoms with E-state index in [1.54, 1.807) is 0 Å². The number of carboxylic acid groups (broad SMARTS) is 1. The molecule has 0 saturated heterocycles. The molecule has 0 aromatic heterocycles. The van der Waals surface area contributed by atoms with Crippen LogP contribution in [0, 0.1) is 0 Å². The second-order valence-corrected chi connectivity index (χ2v) is 20.6. The first-order valence-electron chi connectivity index (χ1n) is 29.3. The minimum atomic E-state index is -1.51. The van der Waals surface area contributed by atoms with Crippen LogP contribution in [0.4, 0.5) is 0 Å². The number of esters is 2. The molecule has 72 heavy (non-hydrogen) atoms. The summed E-state index contributed by atoms with van der Waals surface area (Å²) in [5, 5.41) is 9.67. The minimum absolute atomic E-state index is 0.185. The van der Waals surface area contributed by atoms with Gasteiger partial charge in [-0.1, -0.05) is 227 Å². The quantitative estimate of drug-likeness (QED) is 0.0211. The number of likely N-dealkylation sites (N-methyl/N-ethyl adjacent to an activating group) is 1. The molecule has 0 spiro atoms. The molecule has 414 valence electrons. The number of hydrogen-bond acceptors (Lipinski definition) is 7. The molecule has 0 aliphatic carbocycles. The maximum atomic E-state index is 12.8. The maximum absolute atomic E-state index is 12.8. The normalized spacial score (nSPS) is 13.4. The highest BCUT2D eigenvalue weighted by atomic mass is 16.7. The van der Waals surface area contributed by atoms with Gasteiger partial charge in [-0.15, -0.1) is 0 Å². The third-order valence-corrected chi connectivity index (χ3v) is 12.4. The SMILES string of the molecule is CC/C=C\C/C=C\C/C=C\C/C=C\C/C=C\C/C=C\CCCCCCCCCCCCCCCCCCCCC(=O)OC(COC(=O)CCCCCCC/C=C\CCC)COC(OCC[N+](C)(C)C)C(=O)O. The molecule has 2 unspecified atom stereocenters. The minimum Gasteiger partial charge on any atom is -0.477 e. The van der Waals surface area contributed by atoms with Crippen LogP contribution in [0.2, 0.25) is 0 Å². The molecule has 9 nitrogen and oxygen atoms in total. The highest BCUT2D eigenvalue weighted by molar-refractivity contribution is 5.71. The van der Waals surface area contributed by atoms with Crippen LogP contribution in [-0.4, -0.2) is 87.4 Å². The van der Waals surface area contributed by atoms with Crippen molar-refractivity contribution in [2.24, 2.45) is 0 Å². The van der Waals surface area contributed by atoms with Gasteiger partial charge in [-0.2, -0.15) is 0 Å². The highest BCUT2D eigenvalue weighted by Gasteiger charge is 2.25. The summed E-state index contributed by atoms with van der Waals surface area (Å²) in [6, 6.07) is 0. The van der Waals surface area contributed by atoms with Crippen molar-refractivity contribution in [2.75, 3.05) is 47.5 Å². The average Bonchev–Trinajstić information content (AvgIpc) is 3.35. The molecule has 0 rings (SSSR count). The van der Waals surface area contributed by atoms with Crippen LogP contribution in [0.25, 0.3) is 0 Å². The van der Waals surface area contributed by atoms with Gasteiger partial charge < -0.3 is 28.5 Å². The van der Waals surface area contributed by atoms with E-state index in [1.165, 1.54) is 109 Å². The first-order valence-corrected chi connectivity index (χ1v) is 29.3. The molecule has 0 saturated carbocycles. The standard InChI is InChI=1S/C63H109NO8/c1-6-8-10-12-14-16-18-19-20-21-22-23-24-25-26-27-28-29-30-31-32-33-34-35-36-37-38-39-40-41-42-43-44-46-48-50-52-54-61(66)72-59(58-71-63(62(67)68)69-56-55-64(3,4)5)57-70-60(65)53-51-49-47-45-17-15-13-11-9-7-2/h8,10-11,13-14,16,19-20,22-23,25-26,28-29,59,63H,6-7,9,12,15,17-18,21,24,27,30-58H2,1-5H3/p+1/b10-8-,13-11-,16-14-,20-19-,23-22-,26-25-,29-28-. The van der Waals surface area contributed by atoms with Crippen molar-refractivity contribution in [3.63, 3.8) is 0 Å². The Morgan fingerprint density at radius 3 is 1.19 bits per heavy atom. The molecular formula is C63H110NO8+. The van der Waals surface area contributed by atoms with E-state index >= 15 is 0 Å². The molecule has 0 aromatic rings. The number of carbonyl (C=O) groups is 3. The van der Waals surface area contributed by atoms with Crippen LogP contribution in [0.1, 0.15) is 239 Å². The lowest BCUT2D eigenvalue weighted by atomic mass is 10.0. The molecule has 0 aliphatic heterocycles. The number of unbranched alkanes of at least 4 members (excludes halogenated alkanes) is 24. The zero-order valence-corrected chi connectivity index (χ0v) is 47.1. The predicted molar refractivity (Wildman–Crippen MR) is 304 cm³/mol. The number of carbonyl (C=O) groups excluding carboxylic acids is 2. The summed E-state index contributed by atoms with van der Waals surface area (Å²) in [6.45, 7) is 4.69. The van der Waals surface area contributed by atoms with Crippen LogP contribution in [0.15, 0.2) is 85.1 Å². The van der Waals surface area contributed by atoms with E-state index in [0.29, 0.717) is 17.4 Å². The summed E-state index contributed by atoms with van der Waals surface area (Å²) in [4.78, 5) is 37.2. The van der Waals surface area contributed by atoms with Crippen LogP contribution in [0.3, 0.4) is 0 Å². The van der Waals surface area contributed by atoms with Gasteiger partial charge in [-0.25, -0.2) is 4.79 Å². The van der Waals surface area contributed by atoms with Gasteiger partial charge in [0, 0.05) is 12.8 Å². The fourth-order valence-electron chi connectivity index (χ4n) is 7.90. The molecular weight excluding hydrogens is 899 g/mol. The lowest BCUT2D eigenvalue weighted by Gasteiger charge is -2.25. The third-order valence-electron chi connectivity index (χ3n) is 12.4. The van der Waals surface area contributed by atoms with E-state index < -0.39 is 24.3 Å². The topological polar surface area (TPSA) is 108 Å². The van der Waals surface area contributed by atoms with E-state index in [0.717, 1.165) is 103 Å². The monoisotopic (exact) mass is 1010 g/mol. The predicted octanol–water partition coefficient (Wildman–Crippen LogP) is 17.2. The number of ether oxygens (including phenoxy) is 4. The fraction of sp³-hybridized carbons (Fsp3) is 0.730. The smallest absolute Gasteiger partial charge is 0.361 e. The Hall–Kier alpha value is -3.53. The number of nitrogens with zero attached hydrogens (tertiary/aromatic N) is 1. The van der Waals surface area contributed by atoms with Gasteiger partial charge in [-0.3, -0.25) is 9.59 Å². The van der Waals surface area contributed by atoms with Gasteiger partial charge in [0.15, 0.2) is 6.10 Å². The Kier molecular flexibility index (Phi) is 51.1. The average molecular weight is 1010 g/mol. The van der Waals surface area contributed by atoms with E-state index in [-0.39, 0.29) is 32.2 Å². The summed E-state index contributed by atoms with van der Waals surface area (Å²) < 4.78 is 22.8. The van der Waals surface area contributed by atoms with Crippen LogP contribution < -0.4 is 0 Å². The lowest BCUT2D eigenvalue weighted by molar-refractivity contribution is -0.870. The number of allylic oxidation sites excluding steroid dienone is 14. The van der Waals surface area contributed by atoms with Crippen molar-refractivity contribution >= 4 is 17.9 Å². The molecule has 0 fully saturated rings. The van der Waals surface area contributed by atoms with Gasteiger partial charge >= 0.3 is 17.9 Å². The van der Waals surface area contributed by atoms with Crippen LogP contribution in [-0.2, 0) is 33.3 Å². The molecule has 0 bridgehead atoms. The number of quaternary nitrogens is 1. The number of carboxylic acids is 1. The van der Waals surface area contributed by atoms with Crippen molar-refractivity contribution in [1.29, 1.82) is 0 Å². The van der Waals surface area contributed by atoms with Crippen molar-refractivity contribution < 1.29 is 42.9 Å². The van der Waals surface area contributed by atoms with Gasteiger partial charge in [-0.05, 0) is 83.5 Å². The third kappa shape index (κ3) is 54.2. The molecule has 0 radical (unpaired) electrons. The Morgan fingerprint density at radius 1 is 0.431 bits per heavy atom. The molecule has 0 heterocycles. The van der Waals surface area contributed by atoms with Crippen molar-refractivity contribution in [1.82, 2.24) is 0 Å². The Labute approximate surface area is 442 Å². The van der Waals surface area contributed by atoms with Gasteiger partial charge in [0.05, 0.1) is 34.4 Å². The van der Waals surface area contributed by atoms with Gasteiger partial charge in [0.2, 0.25) is 0 Å². The van der Waals surface area contributed by atoms with E-state index in [1.807, 2.05) is 21.1 Å². The molecule has 0 aromatic carbocycles. The van der Waals surface area contributed by atoms with E-state index in [9.17, 15) is 19.5 Å². The summed E-state index contributed by atoms with van der Waals surface area (Å²) in [5.74, 6) is -2.02. The first-order chi connectivity index (χ1) is 35.1. The van der Waals surface area contributed by atoms with Crippen LogP contribution in [0.5, 0.6) is 0 Å². The first kappa shape index (κ1) is 68.5. The Morgan fingerprint density at radius 2 is 0.792 bits per heavy atom. The summed E-state index contributed by atoms with van der Waals surface area (Å²) in [7, 11) is 5.96. The Balaban J connectivity index is 4.00. The lowest BCUT2D eigenvalue weighted by Crippen LogP contribution is -2.40. The van der Waals surface area contributed by atoms with Gasteiger partial charge in [0.25, 0.3) is 6.29 Å². The number of hydrogen-bond donors (Lipinski definition) is 1. The zero-order valence-electron chi connectivity index (χ0n) is 47.1. The fourth-order valence-corrected chi connectivity index (χ4v) is 7.90. The van der Waals surface area contributed by atoms with Crippen molar-refractivity contribution in [3.05, 3.63) is 85.1 Å². The van der Waals surface area contributed by atoms with E-state index in [2.05, 4.69) is 98.9 Å². The maximum Gasteiger partial charge on any atom is 0.361 e. The second-order valence-electron chi connectivity index (χ2n) is 20.6. The second kappa shape index (κ2) is 53.8. The Bertz CT molecular complexity index is 1450. The largest absolute Gasteiger partial charge is 0.477 e. The highest BCUT2D eigenvalue weighted by Crippen LogP contribution is 2.16. The molecule has 0 amide bonds. The zero-order chi connectivity index (χ0) is 52.7. The van der Waals surface area contributed by atoms with Crippen LogP contribution >= 0.6 is 0 Å². The number of aliphatic carboxylic acids is 1. The van der Waals surface area contributed by atoms with Crippen molar-refractivity contribution in [2.45, 2.75) is 251 Å². The molecule has 9 heteroatoms. The van der Waals surface area contributed by atoms with Crippen molar-refractivity contribution in [3.8, 4) is 0 Å². The summed E-state index contributed by atoms with van der Waals surface area (Å²) >= 11 is 0. The molecule has 2 atom stereocenters. The number of rotatable bonds is 53. The molecule has 0 aliphatic rings. The summed E-state index contributed by atoms with van der Waals surface area (Å²) in [6.07, 6.45) is 68.4.